The van der Waals surface area contributed by atoms with Gasteiger partial charge in [0.15, 0.2) is 0 Å². The van der Waals surface area contributed by atoms with Crippen LogP contribution in [-0.4, -0.2) is 14.1 Å². The van der Waals surface area contributed by atoms with Gasteiger partial charge in [-0.15, -0.1) is 0 Å². The molecule has 3 aromatic heterocycles. The Morgan fingerprint density at radius 2 is 1.17 bits per heavy atom. The number of hydrogen-bond acceptors (Lipinski definition) is 2. The molecule has 316 valence electrons. The van der Waals surface area contributed by atoms with Crippen molar-refractivity contribution in [3.63, 3.8) is 0 Å². The van der Waals surface area contributed by atoms with Crippen LogP contribution in [0.1, 0.15) is 51.3 Å². The molecule has 0 N–H and O–H groups in total. The van der Waals surface area contributed by atoms with Crippen LogP contribution < -0.4 is 9.30 Å². The number of fused-ring (bicyclic) bond motifs is 14. The number of imidazole rings is 1. The third kappa shape index (κ3) is 5.59. The van der Waals surface area contributed by atoms with Crippen molar-refractivity contribution in [1.82, 2.24) is 14.1 Å². The first-order valence-corrected chi connectivity index (χ1v) is 22.9. The molecule has 0 amide bonds. The minimum atomic E-state index is -0.181. The van der Waals surface area contributed by atoms with Gasteiger partial charge in [0.1, 0.15) is 17.3 Å². The average Bonchev–Trinajstić information content (AvgIpc) is 3.97. The third-order valence-electron chi connectivity index (χ3n) is 14.1. The molecular weight excluding hydrogens is 805 g/mol. The SMILES string of the molecule is CC(C)(C)c1ccnc(-n2c3ccccc3c3ccc(Oc4cccc(-n5[c-][n+]6c7c(cccc75)-c5ccccc5-c5ccccc5-c5ccc7c(c5-6)-c5ccccc5C7(C)C)c4)cc32)c1. The minimum Gasteiger partial charge on any atom is -0.458 e. The summed E-state index contributed by atoms with van der Waals surface area (Å²) in [6, 6.07) is 65.8. The van der Waals surface area contributed by atoms with Gasteiger partial charge in [-0.2, -0.15) is 0 Å². The first-order chi connectivity index (χ1) is 32.1. The topological polar surface area (TPSA) is 35.9 Å². The van der Waals surface area contributed by atoms with Gasteiger partial charge in [-0.05, 0) is 115 Å². The van der Waals surface area contributed by atoms with Gasteiger partial charge in [-0.3, -0.25) is 13.7 Å². The van der Waals surface area contributed by atoms with Crippen molar-refractivity contribution in [3.8, 4) is 73.2 Å². The van der Waals surface area contributed by atoms with Crippen LogP contribution in [0.5, 0.6) is 11.5 Å². The molecule has 1 aliphatic carbocycles. The molecule has 5 nitrogen and oxygen atoms in total. The van der Waals surface area contributed by atoms with Crippen LogP contribution in [0.3, 0.4) is 0 Å². The zero-order chi connectivity index (χ0) is 44.5. The highest BCUT2D eigenvalue weighted by Crippen LogP contribution is 2.54. The van der Waals surface area contributed by atoms with Gasteiger partial charge in [0.05, 0.1) is 33.4 Å². The Morgan fingerprint density at radius 3 is 1.95 bits per heavy atom. The van der Waals surface area contributed by atoms with Gasteiger partial charge in [0, 0.05) is 28.5 Å². The lowest BCUT2D eigenvalue weighted by Gasteiger charge is -2.23. The molecular formula is C61H46N4O. The van der Waals surface area contributed by atoms with Gasteiger partial charge in [0.2, 0.25) is 0 Å². The Kier molecular flexibility index (Phi) is 8.15. The molecule has 0 bridgehead atoms. The molecule has 0 atom stereocenters. The number of para-hydroxylation sites is 2. The van der Waals surface area contributed by atoms with Crippen molar-refractivity contribution < 1.29 is 9.30 Å². The average molecular weight is 851 g/mol. The largest absolute Gasteiger partial charge is 0.458 e. The molecule has 13 rings (SSSR count). The highest BCUT2D eigenvalue weighted by Gasteiger charge is 2.39. The van der Waals surface area contributed by atoms with Crippen LogP contribution in [-0.2, 0) is 10.8 Å². The normalized spacial score (nSPS) is 13.3. The van der Waals surface area contributed by atoms with E-state index in [1.165, 1.54) is 61.0 Å². The fraction of sp³-hybridized carbons (Fsp3) is 0.115. The van der Waals surface area contributed by atoms with Gasteiger partial charge in [-0.25, -0.2) is 4.98 Å². The zero-order valence-corrected chi connectivity index (χ0v) is 37.6. The fourth-order valence-electron chi connectivity index (χ4n) is 10.9. The van der Waals surface area contributed by atoms with Crippen molar-refractivity contribution in [1.29, 1.82) is 0 Å². The van der Waals surface area contributed by atoms with Crippen LogP contribution in [0, 0.1) is 6.33 Å². The highest BCUT2D eigenvalue weighted by atomic mass is 16.5. The van der Waals surface area contributed by atoms with Crippen LogP contribution in [0.25, 0.3) is 94.5 Å². The van der Waals surface area contributed by atoms with E-state index in [1.807, 2.05) is 12.3 Å². The fourth-order valence-corrected chi connectivity index (χ4v) is 10.9. The van der Waals surface area contributed by atoms with E-state index in [2.05, 4.69) is 231 Å². The number of nitrogens with zero attached hydrogens (tertiary/aromatic N) is 4. The molecule has 11 aromatic rings. The molecule has 0 unspecified atom stereocenters. The Bertz CT molecular complexity index is 3820. The monoisotopic (exact) mass is 850 g/mol. The van der Waals surface area contributed by atoms with Crippen molar-refractivity contribution in [2.45, 2.75) is 45.4 Å². The summed E-state index contributed by atoms with van der Waals surface area (Å²) < 4.78 is 13.7. The summed E-state index contributed by atoms with van der Waals surface area (Å²) in [7, 11) is 0. The Morgan fingerprint density at radius 1 is 0.530 bits per heavy atom. The van der Waals surface area contributed by atoms with Crippen LogP contribution in [0.2, 0.25) is 0 Å². The molecule has 0 fully saturated rings. The minimum absolute atomic E-state index is 0.0176. The van der Waals surface area contributed by atoms with Crippen molar-refractivity contribution in [2.24, 2.45) is 0 Å². The van der Waals surface area contributed by atoms with Crippen LogP contribution in [0.15, 0.2) is 188 Å². The molecule has 5 heteroatoms. The Labute approximate surface area is 384 Å². The lowest BCUT2D eigenvalue weighted by molar-refractivity contribution is -0.570. The summed E-state index contributed by atoms with van der Waals surface area (Å²) in [5.74, 6) is 2.37. The summed E-state index contributed by atoms with van der Waals surface area (Å²) in [5, 5.41) is 2.33. The van der Waals surface area contributed by atoms with Gasteiger partial charge < -0.3 is 4.74 Å². The molecule has 1 aliphatic heterocycles. The Balaban J connectivity index is 1.01. The molecule has 2 aliphatic rings. The summed E-state index contributed by atoms with van der Waals surface area (Å²) in [4.78, 5) is 4.90. The predicted octanol–water partition coefficient (Wildman–Crippen LogP) is 14.9. The second-order valence-corrected chi connectivity index (χ2v) is 19.4. The number of ether oxygens (including phenoxy) is 1. The zero-order valence-electron chi connectivity index (χ0n) is 37.6. The molecule has 66 heavy (non-hydrogen) atoms. The lowest BCUT2D eigenvalue weighted by Crippen LogP contribution is -2.32. The van der Waals surface area contributed by atoms with Crippen LogP contribution in [0.4, 0.5) is 0 Å². The van der Waals surface area contributed by atoms with Gasteiger partial charge >= 0.3 is 0 Å². The van der Waals surface area contributed by atoms with E-state index in [0.717, 1.165) is 61.7 Å². The summed E-state index contributed by atoms with van der Waals surface area (Å²) in [6.45, 7) is 11.4. The van der Waals surface area contributed by atoms with E-state index >= 15 is 0 Å². The lowest BCUT2D eigenvalue weighted by atomic mass is 9.81. The van der Waals surface area contributed by atoms with E-state index in [0.29, 0.717) is 0 Å². The second kappa shape index (κ2) is 14.0. The molecule has 0 saturated carbocycles. The Hall–Kier alpha value is -8.02. The number of rotatable bonds is 4. The highest BCUT2D eigenvalue weighted by molar-refractivity contribution is 6.09. The number of pyridine rings is 1. The smallest absolute Gasteiger partial charge is 0.269 e. The third-order valence-corrected chi connectivity index (χ3v) is 14.1. The van der Waals surface area contributed by atoms with Crippen molar-refractivity contribution >= 4 is 32.8 Å². The number of benzene rings is 8. The summed E-state index contributed by atoms with van der Waals surface area (Å²) in [5.41, 5.74) is 19.8. The quantitative estimate of drug-likeness (QED) is 0.131. The molecule has 8 aromatic carbocycles. The van der Waals surface area contributed by atoms with E-state index in [1.54, 1.807) is 0 Å². The summed E-state index contributed by atoms with van der Waals surface area (Å²) >= 11 is 0. The van der Waals surface area contributed by atoms with E-state index in [-0.39, 0.29) is 10.8 Å². The van der Waals surface area contributed by atoms with Crippen molar-refractivity contribution in [3.05, 3.63) is 211 Å². The maximum Gasteiger partial charge on any atom is 0.269 e. The number of hydrogen-bond donors (Lipinski definition) is 0. The molecule has 0 spiro atoms. The van der Waals surface area contributed by atoms with E-state index in [9.17, 15) is 0 Å². The summed E-state index contributed by atoms with van der Waals surface area (Å²) in [6.07, 6.45) is 5.91. The maximum absolute atomic E-state index is 6.85. The van der Waals surface area contributed by atoms with E-state index < -0.39 is 0 Å². The second-order valence-electron chi connectivity index (χ2n) is 19.4. The van der Waals surface area contributed by atoms with E-state index in [4.69, 9.17) is 9.72 Å². The predicted molar refractivity (Wildman–Crippen MR) is 268 cm³/mol. The van der Waals surface area contributed by atoms with Gasteiger partial charge in [-0.1, -0.05) is 162 Å². The van der Waals surface area contributed by atoms with Crippen LogP contribution >= 0.6 is 0 Å². The standard InChI is InChI=1S/C61H46N4O/c1-60(2,3)38-32-33-62-56(34-38)65-53-26-13-11-22-46(53)47-29-28-41(36-55(47)65)66-40-17-14-16-39(35-40)63-37-64-58-48(24-15-27-54(58)63)44-20-8-6-18-42(44)43-19-7-9-21-45(43)49-30-31-52-57(59(49)64)50-23-10-12-25-51(50)61(52,4)5/h6-36H,1-5H3. The number of aromatic nitrogens is 4. The van der Waals surface area contributed by atoms with Crippen molar-refractivity contribution in [2.75, 3.05) is 0 Å². The first-order valence-electron chi connectivity index (χ1n) is 22.9. The molecule has 4 heterocycles. The molecule has 0 radical (unpaired) electrons. The van der Waals surface area contributed by atoms with Gasteiger partial charge in [0.25, 0.3) is 6.33 Å². The first kappa shape index (κ1) is 38.4. The molecule has 0 saturated heterocycles. The maximum atomic E-state index is 6.85.